The van der Waals surface area contributed by atoms with E-state index >= 15 is 0 Å². The van der Waals surface area contributed by atoms with Gasteiger partial charge in [-0.3, -0.25) is 4.72 Å². The zero-order chi connectivity index (χ0) is 24.7. The summed E-state index contributed by atoms with van der Waals surface area (Å²) in [5, 5.41) is 3.69. The molecule has 3 atom stereocenters. The molecule has 1 aliphatic carbocycles. The third-order valence-corrected chi connectivity index (χ3v) is 8.97. The highest BCUT2D eigenvalue weighted by atomic mass is 79.9. The first-order valence-electron chi connectivity index (χ1n) is 12.0. The summed E-state index contributed by atoms with van der Waals surface area (Å²) in [6.07, 6.45) is 5.39. The van der Waals surface area contributed by atoms with Crippen LogP contribution in [0.2, 0.25) is 0 Å². The van der Waals surface area contributed by atoms with Gasteiger partial charge in [0.2, 0.25) is 0 Å². The van der Waals surface area contributed by atoms with Gasteiger partial charge in [-0.15, -0.1) is 0 Å². The summed E-state index contributed by atoms with van der Waals surface area (Å²) in [6, 6.07) is 31.5. The van der Waals surface area contributed by atoms with Crippen molar-refractivity contribution in [2.45, 2.75) is 23.3 Å². The molecule has 4 nitrogen and oxygen atoms in total. The molecule has 2 N–H and O–H groups in total. The molecule has 0 radical (unpaired) electrons. The summed E-state index contributed by atoms with van der Waals surface area (Å²) >= 11 is 3.59. The molecule has 0 unspecified atom stereocenters. The number of halogens is 1. The Morgan fingerprint density at radius 3 is 2.39 bits per heavy atom. The lowest BCUT2D eigenvalue weighted by Gasteiger charge is -2.37. The second-order valence-electron chi connectivity index (χ2n) is 9.33. The van der Waals surface area contributed by atoms with E-state index in [1.165, 1.54) is 5.56 Å². The summed E-state index contributed by atoms with van der Waals surface area (Å²) in [5.41, 5.74) is 5.91. The van der Waals surface area contributed by atoms with E-state index in [0.29, 0.717) is 11.6 Å². The number of allylic oxidation sites excluding steroid dienone is 2. The Balaban J connectivity index is 1.27. The summed E-state index contributed by atoms with van der Waals surface area (Å²) in [5.74, 6) is 0.508. The van der Waals surface area contributed by atoms with Gasteiger partial charge in [0, 0.05) is 21.8 Å². The number of benzene rings is 4. The van der Waals surface area contributed by atoms with Crippen molar-refractivity contribution in [1.82, 2.24) is 0 Å². The summed E-state index contributed by atoms with van der Waals surface area (Å²) in [6.45, 7) is 0. The fourth-order valence-electron chi connectivity index (χ4n) is 5.35. The number of sulfonamides is 1. The minimum absolute atomic E-state index is 0.165. The highest BCUT2D eigenvalue weighted by Crippen LogP contribution is 2.50. The van der Waals surface area contributed by atoms with Gasteiger partial charge in [-0.05, 0) is 77.1 Å². The van der Waals surface area contributed by atoms with Gasteiger partial charge in [0.1, 0.15) is 0 Å². The number of nitrogens with one attached hydrogen (secondary N) is 2. The maximum absolute atomic E-state index is 13.3. The molecular weight excluding hydrogens is 532 g/mol. The van der Waals surface area contributed by atoms with Crippen LogP contribution < -0.4 is 10.0 Å². The Labute approximate surface area is 220 Å². The minimum Gasteiger partial charge on any atom is -0.378 e. The largest absolute Gasteiger partial charge is 0.378 e. The highest BCUT2D eigenvalue weighted by molar-refractivity contribution is 9.10. The SMILES string of the molecule is O=S(=O)(Nc1ccc(-c2ccccc2)cc1)c1ccc2c(c1)[C@H]1C=CC[C@H]1[C@@H](c1cccc(Br)c1)N2. The first kappa shape index (κ1) is 23.1. The van der Waals surface area contributed by atoms with Gasteiger partial charge < -0.3 is 5.32 Å². The van der Waals surface area contributed by atoms with Gasteiger partial charge in [-0.25, -0.2) is 8.42 Å². The van der Waals surface area contributed by atoms with E-state index in [1.807, 2.05) is 60.7 Å². The van der Waals surface area contributed by atoms with Crippen LogP contribution in [-0.2, 0) is 10.0 Å². The Morgan fingerprint density at radius 1 is 0.833 bits per heavy atom. The Bertz CT molecular complexity index is 1550. The van der Waals surface area contributed by atoms with E-state index in [-0.39, 0.29) is 16.9 Å². The first-order valence-corrected chi connectivity index (χ1v) is 14.3. The van der Waals surface area contributed by atoms with Crippen molar-refractivity contribution in [1.29, 1.82) is 0 Å². The van der Waals surface area contributed by atoms with Crippen LogP contribution in [0.25, 0.3) is 11.1 Å². The number of hydrogen-bond acceptors (Lipinski definition) is 3. The van der Waals surface area contributed by atoms with E-state index in [0.717, 1.165) is 33.3 Å². The van der Waals surface area contributed by atoms with Crippen LogP contribution in [0.15, 0.2) is 119 Å². The smallest absolute Gasteiger partial charge is 0.261 e. The molecule has 0 amide bonds. The van der Waals surface area contributed by atoms with Gasteiger partial charge in [-0.1, -0.05) is 82.7 Å². The molecule has 6 rings (SSSR count). The molecule has 36 heavy (non-hydrogen) atoms. The standard InChI is InChI=1S/C30H25BrN2O2S/c31-23-9-4-8-22(18-23)30-27-11-5-10-26(27)28-19-25(16-17-29(28)32-30)36(34,35)33-24-14-12-21(13-15-24)20-6-2-1-3-7-20/h1-10,12-19,26-27,30,32-33H,11H2/t26-,27+,30+/m0/s1. The van der Waals surface area contributed by atoms with Gasteiger partial charge >= 0.3 is 0 Å². The predicted octanol–water partition coefficient (Wildman–Crippen LogP) is 7.74. The van der Waals surface area contributed by atoms with Gasteiger partial charge in [0.05, 0.1) is 10.9 Å². The fraction of sp³-hybridized carbons (Fsp3) is 0.133. The molecule has 0 saturated carbocycles. The zero-order valence-corrected chi connectivity index (χ0v) is 21.8. The van der Waals surface area contributed by atoms with E-state index in [2.05, 4.69) is 56.3 Å². The summed E-state index contributed by atoms with van der Waals surface area (Å²) < 4.78 is 30.4. The highest BCUT2D eigenvalue weighted by Gasteiger charge is 2.38. The lowest BCUT2D eigenvalue weighted by Crippen LogP contribution is -2.29. The second kappa shape index (κ2) is 9.26. The minimum atomic E-state index is -3.73. The van der Waals surface area contributed by atoms with Crippen LogP contribution in [0.3, 0.4) is 0 Å². The van der Waals surface area contributed by atoms with Crippen molar-refractivity contribution in [3.63, 3.8) is 0 Å². The van der Waals surface area contributed by atoms with Crippen LogP contribution in [0.5, 0.6) is 0 Å². The van der Waals surface area contributed by atoms with E-state index in [9.17, 15) is 8.42 Å². The monoisotopic (exact) mass is 556 g/mol. The van der Waals surface area contributed by atoms with Gasteiger partial charge in [-0.2, -0.15) is 0 Å². The lowest BCUT2D eigenvalue weighted by molar-refractivity contribution is 0.425. The normalized spacial score (nSPS) is 20.3. The second-order valence-corrected chi connectivity index (χ2v) is 11.9. The number of fused-ring (bicyclic) bond motifs is 3. The Hall–Kier alpha value is -3.35. The average molecular weight is 558 g/mol. The van der Waals surface area contributed by atoms with Crippen molar-refractivity contribution >= 4 is 37.3 Å². The third kappa shape index (κ3) is 4.36. The zero-order valence-electron chi connectivity index (χ0n) is 19.4. The molecule has 180 valence electrons. The lowest BCUT2D eigenvalue weighted by atomic mass is 9.77. The van der Waals surface area contributed by atoms with E-state index in [4.69, 9.17) is 0 Å². The molecular formula is C30H25BrN2O2S. The predicted molar refractivity (Wildman–Crippen MR) is 150 cm³/mol. The summed E-state index contributed by atoms with van der Waals surface area (Å²) in [4.78, 5) is 0.273. The maximum atomic E-state index is 13.3. The molecule has 0 spiro atoms. The number of hydrogen-bond donors (Lipinski definition) is 2. The van der Waals surface area contributed by atoms with Crippen molar-refractivity contribution in [3.8, 4) is 11.1 Å². The fourth-order valence-corrected chi connectivity index (χ4v) is 6.86. The molecule has 0 bridgehead atoms. The van der Waals surface area contributed by atoms with Crippen molar-refractivity contribution in [2.24, 2.45) is 5.92 Å². The molecule has 4 aromatic carbocycles. The summed E-state index contributed by atoms with van der Waals surface area (Å²) in [7, 11) is -3.73. The third-order valence-electron chi connectivity index (χ3n) is 7.10. The Morgan fingerprint density at radius 2 is 1.61 bits per heavy atom. The topological polar surface area (TPSA) is 58.2 Å². The number of anilines is 2. The molecule has 0 saturated heterocycles. The van der Waals surface area contributed by atoms with Crippen LogP contribution in [0.4, 0.5) is 11.4 Å². The maximum Gasteiger partial charge on any atom is 0.261 e. The quantitative estimate of drug-likeness (QED) is 0.247. The van der Waals surface area contributed by atoms with Crippen molar-refractivity contribution < 1.29 is 8.42 Å². The van der Waals surface area contributed by atoms with Gasteiger partial charge in [0.15, 0.2) is 0 Å². The van der Waals surface area contributed by atoms with Gasteiger partial charge in [0.25, 0.3) is 10.0 Å². The number of rotatable bonds is 5. The molecule has 0 fully saturated rings. The van der Waals surface area contributed by atoms with Crippen LogP contribution in [-0.4, -0.2) is 8.42 Å². The van der Waals surface area contributed by atoms with Crippen LogP contribution in [0.1, 0.15) is 29.5 Å². The average Bonchev–Trinajstić information content (AvgIpc) is 3.39. The Kier molecular flexibility index (Phi) is 5.94. The molecule has 1 heterocycles. The van der Waals surface area contributed by atoms with Crippen molar-refractivity contribution in [2.75, 3.05) is 10.0 Å². The molecule has 6 heteroatoms. The molecule has 2 aliphatic rings. The van der Waals surface area contributed by atoms with Crippen LogP contribution in [0, 0.1) is 5.92 Å². The molecule has 0 aromatic heterocycles. The molecule has 1 aliphatic heterocycles. The molecule has 4 aromatic rings. The van der Waals surface area contributed by atoms with Crippen LogP contribution >= 0.6 is 15.9 Å². The van der Waals surface area contributed by atoms with E-state index in [1.54, 1.807) is 18.2 Å². The first-order chi connectivity index (χ1) is 17.5. The van der Waals surface area contributed by atoms with Crippen molar-refractivity contribution in [3.05, 3.63) is 125 Å². The van der Waals surface area contributed by atoms with E-state index < -0.39 is 10.0 Å².